The number of nitrogens with zero attached hydrogens (tertiary/aromatic N) is 1. The Morgan fingerprint density at radius 2 is 1.67 bits per heavy atom. The molecule has 0 aliphatic heterocycles. The second kappa shape index (κ2) is 6.04. The zero-order valence-electron chi connectivity index (χ0n) is 9.73. The monoisotopic (exact) mass is 165 g/mol. The molecule has 0 rings (SSSR count). The molecule has 1 unspecified atom stereocenters. The van der Waals surface area contributed by atoms with Crippen LogP contribution in [0.5, 0.6) is 0 Å². The van der Waals surface area contributed by atoms with Crippen molar-refractivity contribution >= 4 is 0 Å². The second-order valence-electron chi connectivity index (χ2n) is 4.56. The molecule has 0 saturated carbocycles. The van der Waals surface area contributed by atoms with Gasteiger partial charge in [-0.1, -0.05) is 33.7 Å². The SMILES string of the molecule is CC(C[NH+](C)C)[N-]C(C)(C)C.[Li+]. The average molecular weight is 165 g/mol. The number of hydrogen-bond donors (Lipinski definition) is 1. The van der Waals surface area contributed by atoms with Crippen LogP contribution >= 0.6 is 0 Å². The van der Waals surface area contributed by atoms with Gasteiger partial charge in [0.25, 0.3) is 0 Å². The molecule has 0 spiro atoms. The van der Waals surface area contributed by atoms with Crippen LogP contribution in [0, 0.1) is 0 Å². The second-order valence-corrected chi connectivity index (χ2v) is 4.56. The van der Waals surface area contributed by atoms with Crippen LogP contribution in [-0.4, -0.2) is 32.2 Å². The van der Waals surface area contributed by atoms with Gasteiger partial charge in [-0.25, -0.2) is 0 Å². The summed E-state index contributed by atoms with van der Waals surface area (Å²) in [6.07, 6.45) is 0. The molecule has 0 aromatic heterocycles. The van der Waals surface area contributed by atoms with Gasteiger partial charge in [-0.15, -0.1) is 5.54 Å². The summed E-state index contributed by atoms with van der Waals surface area (Å²) in [5.74, 6) is 0. The van der Waals surface area contributed by atoms with Crippen LogP contribution in [0.1, 0.15) is 27.7 Å². The Morgan fingerprint density at radius 3 is 1.92 bits per heavy atom. The standard InChI is InChI=1S/C9H21N2.Li/c1-8(7-11(5)6)10-9(2,3)4;/h8H,7H2,1-6H3;/q-1;+1/p+1. The van der Waals surface area contributed by atoms with Gasteiger partial charge >= 0.3 is 18.9 Å². The van der Waals surface area contributed by atoms with Gasteiger partial charge in [0.1, 0.15) is 0 Å². The Morgan fingerprint density at radius 1 is 1.25 bits per heavy atom. The van der Waals surface area contributed by atoms with Gasteiger partial charge < -0.3 is 10.2 Å². The third kappa shape index (κ3) is 10.5. The van der Waals surface area contributed by atoms with Gasteiger partial charge in [-0.2, -0.15) is 0 Å². The Hall–Kier alpha value is 0.517. The Kier molecular flexibility index (Phi) is 7.56. The van der Waals surface area contributed by atoms with Gasteiger partial charge in [-0.3, -0.25) is 0 Å². The summed E-state index contributed by atoms with van der Waals surface area (Å²) >= 11 is 0. The topological polar surface area (TPSA) is 18.5 Å². The molecule has 0 bridgehead atoms. The van der Waals surface area contributed by atoms with Crippen LogP contribution in [0.15, 0.2) is 0 Å². The molecule has 0 heterocycles. The van der Waals surface area contributed by atoms with Crippen molar-refractivity contribution < 1.29 is 23.8 Å². The van der Waals surface area contributed by atoms with E-state index in [1.807, 2.05) is 0 Å². The molecular weight excluding hydrogens is 143 g/mol. The van der Waals surface area contributed by atoms with E-state index in [0.29, 0.717) is 6.04 Å². The van der Waals surface area contributed by atoms with Crippen molar-refractivity contribution in [3.05, 3.63) is 5.32 Å². The van der Waals surface area contributed by atoms with Gasteiger partial charge in [0, 0.05) is 0 Å². The number of quaternary nitrogens is 1. The van der Waals surface area contributed by atoms with E-state index in [9.17, 15) is 0 Å². The Labute approximate surface area is 89.3 Å². The number of rotatable bonds is 3. The molecule has 0 aliphatic rings. The summed E-state index contributed by atoms with van der Waals surface area (Å²) in [4.78, 5) is 1.46. The van der Waals surface area contributed by atoms with E-state index >= 15 is 0 Å². The minimum Gasteiger partial charge on any atom is -0.650 e. The molecular formula is C9H22LiN2+. The molecule has 2 nitrogen and oxygen atoms in total. The molecule has 0 saturated heterocycles. The van der Waals surface area contributed by atoms with Crippen molar-refractivity contribution in [3.63, 3.8) is 0 Å². The fraction of sp³-hybridized carbons (Fsp3) is 1.00. The molecule has 0 aliphatic carbocycles. The third-order valence-electron chi connectivity index (χ3n) is 1.31. The van der Waals surface area contributed by atoms with E-state index in [1.165, 1.54) is 4.90 Å². The first kappa shape index (κ1) is 15.0. The normalized spacial score (nSPS) is 14.2. The van der Waals surface area contributed by atoms with Crippen molar-refractivity contribution in [2.24, 2.45) is 0 Å². The van der Waals surface area contributed by atoms with Crippen LogP contribution in [0.4, 0.5) is 0 Å². The van der Waals surface area contributed by atoms with E-state index in [-0.39, 0.29) is 24.4 Å². The molecule has 12 heavy (non-hydrogen) atoms. The van der Waals surface area contributed by atoms with Gasteiger partial charge in [0.15, 0.2) is 0 Å². The van der Waals surface area contributed by atoms with Crippen molar-refractivity contribution in [3.8, 4) is 0 Å². The molecule has 0 fully saturated rings. The van der Waals surface area contributed by atoms with E-state index in [2.05, 4.69) is 47.1 Å². The summed E-state index contributed by atoms with van der Waals surface area (Å²) in [7, 11) is 4.32. The maximum atomic E-state index is 4.63. The molecule has 1 N–H and O–H groups in total. The van der Waals surface area contributed by atoms with Crippen LogP contribution in [0.3, 0.4) is 0 Å². The van der Waals surface area contributed by atoms with E-state index in [1.54, 1.807) is 0 Å². The number of hydrogen-bond acceptors (Lipinski definition) is 0. The number of nitrogens with one attached hydrogen (secondary N) is 1. The Balaban J connectivity index is 0. The molecule has 0 aromatic carbocycles. The van der Waals surface area contributed by atoms with Gasteiger partial charge in [-0.05, 0) is 0 Å². The summed E-state index contributed by atoms with van der Waals surface area (Å²) < 4.78 is 0. The first-order valence-corrected chi connectivity index (χ1v) is 4.32. The summed E-state index contributed by atoms with van der Waals surface area (Å²) in [6, 6.07) is 0.472. The average Bonchev–Trinajstić information content (AvgIpc) is 1.53. The molecule has 68 valence electrons. The summed E-state index contributed by atoms with van der Waals surface area (Å²) in [5.41, 5.74) is 0.120. The predicted molar refractivity (Wildman–Crippen MR) is 50.3 cm³/mol. The maximum absolute atomic E-state index is 4.63. The summed E-state index contributed by atoms with van der Waals surface area (Å²) in [5, 5.41) is 4.63. The van der Waals surface area contributed by atoms with E-state index < -0.39 is 0 Å². The first-order chi connectivity index (χ1) is 4.81. The largest absolute Gasteiger partial charge is 1.00 e. The fourth-order valence-electron chi connectivity index (χ4n) is 1.30. The third-order valence-corrected chi connectivity index (χ3v) is 1.31. The zero-order valence-corrected chi connectivity index (χ0v) is 9.73. The maximum Gasteiger partial charge on any atom is 1.00 e. The minimum atomic E-state index is 0. The quantitative estimate of drug-likeness (QED) is 0.453. The molecule has 0 aromatic rings. The molecule has 1 atom stereocenters. The summed E-state index contributed by atoms with van der Waals surface area (Å²) in [6.45, 7) is 9.74. The number of likely N-dealkylation sites (N-methyl/N-ethyl adjacent to an activating group) is 1. The van der Waals surface area contributed by atoms with Gasteiger partial charge in [0.2, 0.25) is 0 Å². The van der Waals surface area contributed by atoms with E-state index in [4.69, 9.17) is 0 Å². The van der Waals surface area contributed by atoms with Crippen LogP contribution in [0.25, 0.3) is 5.32 Å². The van der Waals surface area contributed by atoms with Crippen molar-refractivity contribution in [1.82, 2.24) is 0 Å². The predicted octanol–water partition coefficient (Wildman–Crippen LogP) is -2.30. The van der Waals surface area contributed by atoms with Gasteiger partial charge in [0.05, 0.1) is 20.6 Å². The van der Waals surface area contributed by atoms with Crippen LogP contribution in [-0.2, 0) is 0 Å². The molecule has 0 amide bonds. The smallest absolute Gasteiger partial charge is 0.650 e. The molecule has 3 heteroatoms. The first-order valence-electron chi connectivity index (χ1n) is 4.32. The minimum absolute atomic E-state index is 0. The Bertz CT molecular complexity index is 108. The zero-order chi connectivity index (χ0) is 9.07. The van der Waals surface area contributed by atoms with E-state index in [0.717, 1.165) is 6.54 Å². The molecule has 0 radical (unpaired) electrons. The van der Waals surface area contributed by atoms with Crippen LogP contribution in [0.2, 0.25) is 0 Å². The fourth-order valence-corrected chi connectivity index (χ4v) is 1.30. The van der Waals surface area contributed by atoms with Crippen molar-refractivity contribution in [2.45, 2.75) is 39.3 Å². The van der Waals surface area contributed by atoms with Crippen LogP contribution < -0.4 is 23.8 Å². The van der Waals surface area contributed by atoms with Crippen molar-refractivity contribution in [1.29, 1.82) is 0 Å². The van der Waals surface area contributed by atoms with Crippen molar-refractivity contribution in [2.75, 3.05) is 20.6 Å².